The summed E-state index contributed by atoms with van der Waals surface area (Å²) in [4.78, 5) is 13.7. The number of rotatable bonds is 2. The van der Waals surface area contributed by atoms with Gasteiger partial charge in [-0.25, -0.2) is 0 Å². The highest BCUT2D eigenvalue weighted by Crippen LogP contribution is 2.34. The van der Waals surface area contributed by atoms with Crippen LogP contribution >= 0.6 is 11.3 Å². The van der Waals surface area contributed by atoms with Gasteiger partial charge in [0.15, 0.2) is 0 Å². The number of anilines is 2. The fraction of sp³-hybridized carbons (Fsp3) is 0.267. The number of nitrogens with zero attached hydrogens (tertiary/aromatic N) is 1. The molecule has 2 rings (SSSR count). The highest BCUT2D eigenvalue weighted by molar-refractivity contribution is 7.13. The molecule has 0 aliphatic carbocycles. The molecule has 2 aromatic rings. The maximum absolute atomic E-state index is 11.4. The third kappa shape index (κ3) is 2.77. The van der Waals surface area contributed by atoms with E-state index < -0.39 is 11.6 Å². The molecule has 0 bridgehead atoms. The summed E-state index contributed by atoms with van der Waals surface area (Å²) in [6.07, 6.45) is -1.26. The standard InChI is InChI=1S/C15H18N2O2S/c1-15(2,3)17(14(18)19)12-7-6-10(9-11(12)16)13-5-4-8-20-13/h4-9H,16H2,1-3H3,(H,18,19)/p-1. The molecule has 5 heteroatoms. The molecule has 0 aliphatic rings. The summed E-state index contributed by atoms with van der Waals surface area (Å²) in [5.41, 5.74) is 7.28. The average Bonchev–Trinajstić information content (AvgIpc) is 2.82. The summed E-state index contributed by atoms with van der Waals surface area (Å²) in [5.74, 6) is 0. The van der Waals surface area contributed by atoms with Gasteiger partial charge in [0.05, 0.1) is 11.4 Å². The van der Waals surface area contributed by atoms with E-state index in [0.717, 1.165) is 10.4 Å². The van der Waals surface area contributed by atoms with Crippen molar-refractivity contribution in [2.45, 2.75) is 26.3 Å². The van der Waals surface area contributed by atoms with E-state index in [1.54, 1.807) is 44.2 Å². The zero-order valence-electron chi connectivity index (χ0n) is 11.7. The lowest BCUT2D eigenvalue weighted by molar-refractivity contribution is -0.247. The molecule has 1 amide bonds. The predicted octanol–water partition coefficient (Wildman–Crippen LogP) is 2.95. The van der Waals surface area contributed by atoms with E-state index in [9.17, 15) is 9.90 Å². The van der Waals surface area contributed by atoms with Gasteiger partial charge in [0.1, 0.15) is 6.09 Å². The number of hydrogen-bond donors (Lipinski definition) is 1. The summed E-state index contributed by atoms with van der Waals surface area (Å²) in [7, 11) is 0. The predicted molar refractivity (Wildman–Crippen MR) is 81.8 cm³/mol. The summed E-state index contributed by atoms with van der Waals surface area (Å²) in [6.45, 7) is 5.40. The first-order valence-corrected chi connectivity index (χ1v) is 7.13. The molecule has 1 aromatic heterocycles. The number of nitrogen functional groups attached to an aromatic ring is 1. The number of thiophene rings is 1. The number of carbonyl (C=O) groups is 1. The molecule has 0 saturated heterocycles. The van der Waals surface area contributed by atoms with Gasteiger partial charge >= 0.3 is 0 Å². The molecular weight excluding hydrogens is 272 g/mol. The number of hydrogen-bond acceptors (Lipinski definition) is 4. The van der Waals surface area contributed by atoms with Crippen molar-refractivity contribution in [2.24, 2.45) is 0 Å². The monoisotopic (exact) mass is 289 g/mol. The maximum Gasteiger partial charge on any atom is 0.142 e. The van der Waals surface area contributed by atoms with E-state index in [1.807, 2.05) is 23.6 Å². The molecule has 0 fully saturated rings. The smallest absolute Gasteiger partial charge is 0.142 e. The fourth-order valence-corrected chi connectivity index (χ4v) is 2.81. The zero-order valence-corrected chi connectivity index (χ0v) is 12.5. The second-order valence-electron chi connectivity index (χ2n) is 5.52. The Morgan fingerprint density at radius 1 is 1.30 bits per heavy atom. The van der Waals surface area contributed by atoms with Crippen LogP contribution in [0, 0.1) is 0 Å². The molecule has 20 heavy (non-hydrogen) atoms. The summed E-state index contributed by atoms with van der Waals surface area (Å²) >= 11 is 1.61. The van der Waals surface area contributed by atoms with E-state index in [1.165, 1.54) is 4.90 Å². The van der Waals surface area contributed by atoms with Crippen molar-refractivity contribution in [3.63, 3.8) is 0 Å². The lowest BCUT2D eigenvalue weighted by atomic mass is 10.0. The summed E-state index contributed by atoms with van der Waals surface area (Å²) in [6, 6.07) is 9.36. The van der Waals surface area contributed by atoms with Crippen LogP contribution in [-0.4, -0.2) is 11.6 Å². The second kappa shape index (κ2) is 5.17. The molecule has 2 N–H and O–H groups in total. The van der Waals surface area contributed by atoms with Crippen LogP contribution in [0.1, 0.15) is 20.8 Å². The van der Waals surface area contributed by atoms with Crippen molar-refractivity contribution in [3.8, 4) is 10.4 Å². The van der Waals surface area contributed by atoms with Crippen LogP contribution in [0.2, 0.25) is 0 Å². The molecule has 1 heterocycles. The van der Waals surface area contributed by atoms with E-state index in [-0.39, 0.29) is 0 Å². The van der Waals surface area contributed by atoms with Gasteiger partial charge in [-0.1, -0.05) is 12.1 Å². The Kier molecular flexibility index (Phi) is 3.72. The number of amides is 1. The van der Waals surface area contributed by atoms with Crippen LogP contribution in [0.4, 0.5) is 16.2 Å². The molecule has 0 aliphatic heterocycles. The van der Waals surface area contributed by atoms with Crippen molar-refractivity contribution >= 4 is 28.8 Å². The Labute approximate surface area is 122 Å². The molecule has 106 valence electrons. The third-order valence-corrected chi connectivity index (χ3v) is 3.85. The van der Waals surface area contributed by atoms with Crippen LogP contribution in [0.5, 0.6) is 0 Å². The Bertz CT molecular complexity index is 615. The van der Waals surface area contributed by atoms with Gasteiger partial charge in [-0.2, -0.15) is 0 Å². The van der Waals surface area contributed by atoms with Crippen LogP contribution in [-0.2, 0) is 0 Å². The molecule has 0 unspecified atom stereocenters. The normalized spacial score (nSPS) is 11.3. The molecule has 0 spiro atoms. The minimum absolute atomic E-state index is 0.426. The van der Waals surface area contributed by atoms with E-state index in [2.05, 4.69) is 0 Å². The zero-order chi connectivity index (χ0) is 14.9. The molecular formula is C15H17N2O2S-. The van der Waals surface area contributed by atoms with Crippen molar-refractivity contribution in [2.75, 3.05) is 10.6 Å². The highest BCUT2D eigenvalue weighted by atomic mass is 32.1. The van der Waals surface area contributed by atoms with Crippen LogP contribution < -0.4 is 15.7 Å². The Morgan fingerprint density at radius 2 is 2.00 bits per heavy atom. The summed E-state index contributed by atoms with van der Waals surface area (Å²) in [5, 5.41) is 13.4. The lowest BCUT2D eigenvalue weighted by Crippen LogP contribution is -2.52. The van der Waals surface area contributed by atoms with Gasteiger partial charge in [0.2, 0.25) is 0 Å². The Morgan fingerprint density at radius 3 is 2.45 bits per heavy atom. The molecule has 0 atom stereocenters. The van der Waals surface area contributed by atoms with Crippen molar-refractivity contribution < 1.29 is 9.90 Å². The van der Waals surface area contributed by atoms with Gasteiger partial charge in [-0.05, 0) is 49.9 Å². The number of carboxylic acid groups (broad SMARTS) is 1. The Hall–Kier alpha value is -2.01. The minimum Gasteiger partial charge on any atom is -0.530 e. The van der Waals surface area contributed by atoms with E-state index >= 15 is 0 Å². The van der Waals surface area contributed by atoms with Gasteiger partial charge < -0.3 is 20.5 Å². The quantitative estimate of drug-likeness (QED) is 0.864. The minimum atomic E-state index is -1.26. The van der Waals surface area contributed by atoms with E-state index in [0.29, 0.717) is 11.4 Å². The van der Waals surface area contributed by atoms with Gasteiger partial charge in [-0.3, -0.25) is 0 Å². The van der Waals surface area contributed by atoms with Crippen molar-refractivity contribution in [3.05, 3.63) is 35.7 Å². The molecule has 0 saturated carbocycles. The average molecular weight is 289 g/mol. The van der Waals surface area contributed by atoms with Gasteiger partial charge in [0, 0.05) is 10.4 Å². The lowest BCUT2D eigenvalue weighted by Gasteiger charge is -2.38. The molecule has 1 aromatic carbocycles. The van der Waals surface area contributed by atoms with Gasteiger partial charge in [-0.15, -0.1) is 11.3 Å². The third-order valence-electron chi connectivity index (χ3n) is 2.93. The number of benzene rings is 1. The first-order chi connectivity index (χ1) is 9.30. The SMILES string of the molecule is CC(C)(C)N(C(=O)[O-])c1ccc(-c2cccs2)cc1N. The van der Waals surface area contributed by atoms with Gasteiger partial charge in [0.25, 0.3) is 0 Å². The largest absolute Gasteiger partial charge is 0.530 e. The second-order valence-corrected chi connectivity index (χ2v) is 6.47. The number of nitrogens with two attached hydrogens (primary N) is 1. The highest BCUT2D eigenvalue weighted by Gasteiger charge is 2.24. The summed E-state index contributed by atoms with van der Waals surface area (Å²) < 4.78 is 0. The fourth-order valence-electron chi connectivity index (χ4n) is 2.09. The molecule has 0 radical (unpaired) electrons. The maximum atomic E-state index is 11.4. The van der Waals surface area contributed by atoms with Crippen LogP contribution in [0.15, 0.2) is 35.7 Å². The number of carbonyl (C=O) groups excluding carboxylic acids is 1. The van der Waals surface area contributed by atoms with E-state index in [4.69, 9.17) is 5.73 Å². The van der Waals surface area contributed by atoms with Crippen molar-refractivity contribution in [1.82, 2.24) is 0 Å². The van der Waals surface area contributed by atoms with Crippen LogP contribution in [0.3, 0.4) is 0 Å². The first-order valence-electron chi connectivity index (χ1n) is 6.25. The van der Waals surface area contributed by atoms with Crippen molar-refractivity contribution in [1.29, 1.82) is 0 Å². The van der Waals surface area contributed by atoms with Crippen LogP contribution in [0.25, 0.3) is 10.4 Å². The topological polar surface area (TPSA) is 69.4 Å². The first kappa shape index (κ1) is 14.4. The Balaban J connectivity index is 2.46. The molecule has 4 nitrogen and oxygen atoms in total.